The first-order valence-electron chi connectivity index (χ1n) is 12.0. The number of aliphatic imine (C=N–C) groups is 2. The Bertz CT molecular complexity index is 1250. The zero-order valence-corrected chi connectivity index (χ0v) is 22.6. The van der Waals surface area contributed by atoms with Crippen molar-refractivity contribution in [2.75, 3.05) is 6.54 Å². The number of aromatic nitrogens is 1. The summed E-state index contributed by atoms with van der Waals surface area (Å²) in [5, 5.41) is 2.79. The van der Waals surface area contributed by atoms with E-state index in [2.05, 4.69) is 85.8 Å². The van der Waals surface area contributed by atoms with Gasteiger partial charge in [0.1, 0.15) is 0 Å². The Morgan fingerprint density at radius 3 is 2.68 bits per heavy atom. The molecule has 1 aromatic heterocycles. The van der Waals surface area contributed by atoms with Gasteiger partial charge < -0.3 is 5.32 Å². The van der Waals surface area contributed by atoms with Crippen molar-refractivity contribution in [1.82, 2.24) is 10.3 Å². The minimum atomic E-state index is 0.0175. The van der Waals surface area contributed by atoms with E-state index in [0.717, 1.165) is 35.5 Å². The van der Waals surface area contributed by atoms with Gasteiger partial charge in [0, 0.05) is 59.0 Å². The first-order chi connectivity index (χ1) is 18.0. The van der Waals surface area contributed by atoms with Crippen molar-refractivity contribution in [2.24, 2.45) is 9.98 Å². The molecule has 2 aromatic rings. The fourth-order valence-electron chi connectivity index (χ4n) is 3.47. The number of carbonyl (C=O) groups is 1. The number of fused-ring (bicyclic) bond motifs is 1. The van der Waals surface area contributed by atoms with Crippen molar-refractivity contribution in [3.05, 3.63) is 107 Å². The minimum Gasteiger partial charge on any atom is -0.356 e. The molecule has 2 aliphatic rings. The highest BCUT2D eigenvalue weighted by atomic mass is 32.2. The van der Waals surface area contributed by atoms with Crippen LogP contribution in [0.25, 0.3) is 0 Å². The fraction of sp³-hybridized carbons (Fsp3) is 0.226. The third-order valence-corrected chi connectivity index (χ3v) is 6.58. The Morgan fingerprint density at radius 2 is 1.95 bits per heavy atom. The molecule has 37 heavy (non-hydrogen) atoms. The molecule has 2 aliphatic heterocycles. The Balaban J connectivity index is 0.000000263. The van der Waals surface area contributed by atoms with E-state index in [1.165, 1.54) is 20.9 Å². The van der Waals surface area contributed by atoms with Crippen LogP contribution in [0.2, 0.25) is 0 Å². The summed E-state index contributed by atoms with van der Waals surface area (Å²) in [5.74, 6) is 0.0175. The Morgan fingerprint density at radius 1 is 1.16 bits per heavy atom. The van der Waals surface area contributed by atoms with Gasteiger partial charge >= 0.3 is 0 Å². The van der Waals surface area contributed by atoms with Gasteiger partial charge in [-0.15, -0.1) is 19.4 Å². The van der Waals surface area contributed by atoms with E-state index in [-0.39, 0.29) is 5.91 Å². The summed E-state index contributed by atoms with van der Waals surface area (Å²) in [7, 11) is 0. The fourth-order valence-corrected chi connectivity index (χ4v) is 4.41. The van der Waals surface area contributed by atoms with Crippen molar-refractivity contribution in [3.63, 3.8) is 0 Å². The molecule has 0 unspecified atom stereocenters. The monoisotopic (exact) mass is 510 g/mol. The van der Waals surface area contributed by atoms with E-state index in [9.17, 15) is 4.79 Å². The second-order valence-corrected chi connectivity index (χ2v) is 9.52. The molecule has 1 amide bonds. The van der Waals surface area contributed by atoms with Crippen LogP contribution in [0.1, 0.15) is 44.7 Å². The van der Waals surface area contributed by atoms with Crippen molar-refractivity contribution in [1.29, 1.82) is 0 Å². The van der Waals surface area contributed by atoms with Gasteiger partial charge in [-0.2, -0.15) is 0 Å². The van der Waals surface area contributed by atoms with Crippen molar-refractivity contribution >= 4 is 29.1 Å². The van der Waals surface area contributed by atoms with Gasteiger partial charge in [-0.05, 0) is 51.0 Å². The highest BCUT2D eigenvalue weighted by Gasteiger charge is 2.20. The van der Waals surface area contributed by atoms with Crippen LogP contribution in [0.5, 0.6) is 0 Å². The molecule has 190 valence electrons. The molecule has 0 radical (unpaired) electrons. The molecule has 0 fully saturated rings. The number of rotatable bonds is 6. The molecule has 0 saturated carbocycles. The highest BCUT2D eigenvalue weighted by molar-refractivity contribution is 8.03. The number of amides is 1. The quantitative estimate of drug-likeness (QED) is 0.347. The van der Waals surface area contributed by atoms with E-state index >= 15 is 0 Å². The van der Waals surface area contributed by atoms with Gasteiger partial charge in [0.25, 0.3) is 0 Å². The Kier molecular flexibility index (Phi) is 12.6. The summed E-state index contributed by atoms with van der Waals surface area (Å²) in [6.07, 6.45) is 21.2. The number of pyridine rings is 1. The number of terminal acetylenes is 1. The summed E-state index contributed by atoms with van der Waals surface area (Å²) in [6, 6.07) is 12.3. The second kappa shape index (κ2) is 15.9. The van der Waals surface area contributed by atoms with Crippen LogP contribution in [0, 0.1) is 12.8 Å². The van der Waals surface area contributed by atoms with E-state index in [1.807, 2.05) is 24.4 Å². The number of nitrogens with one attached hydrogen (secondary N) is 1. The molecule has 1 N–H and O–H groups in total. The van der Waals surface area contributed by atoms with Crippen molar-refractivity contribution < 1.29 is 4.79 Å². The maximum Gasteiger partial charge on any atom is 0.223 e. The standard InChI is InChI=1S/C18H18N2S.C11H14N2O.C2H2/c1-12-7-6-10-19-16(11-12)18-15-8-4-5-9-17(15)21-14(3)13(2)20-18;1-2-4-11(14)13-8-6-10-5-3-7-12-9-10;1-2/h4-10H,11H2,1-3H3;2-3,5,7,9H,1,4,6,8H2,(H,13,14);1-2H. The molecule has 0 saturated heterocycles. The summed E-state index contributed by atoms with van der Waals surface area (Å²) in [6.45, 7) is 10.5. The molecule has 5 nitrogen and oxygen atoms in total. The van der Waals surface area contributed by atoms with E-state index < -0.39 is 0 Å². The SMILES string of the molecule is C#C.C=CCC(=O)NCCc1cccnc1.CC1=CC=CN=C(C2=NC(C)=C(C)Sc3ccccc32)C1. The molecule has 1 aromatic carbocycles. The number of benzene rings is 1. The van der Waals surface area contributed by atoms with Gasteiger partial charge in [0.05, 0.1) is 11.4 Å². The molecule has 6 heteroatoms. The van der Waals surface area contributed by atoms with Gasteiger partial charge in [-0.1, -0.05) is 53.8 Å². The normalized spacial score (nSPS) is 14.0. The lowest BCUT2D eigenvalue weighted by Crippen LogP contribution is -2.24. The van der Waals surface area contributed by atoms with Gasteiger partial charge in [-0.25, -0.2) is 0 Å². The summed E-state index contributed by atoms with van der Waals surface area (Å²) >= 11 is 1.79. The molecular formula is C31H34N4OS. The Hall–Kier alpha value is -3.95. The third kappa shape index (κ3) is 9.55. The van der Waals surface area contributed by atoms with Crippen LogP contribution in [0.15, 0.2) is 111 Å². The average Bonchev–Trinajstić information content (AvgIpc) is 3.20. The van der Waals surface area contributed by atoms with Gasteiger partial charge in [0.15, 0.2) is 0 Å². The lowest BCUT2D eigenvalue weighted by molar-refractivity contribution is -0.120. The molecule has 0 atom stereocenters. The van der Waals surface area contributed by atoms with E-state index in [1.54, 1.807) is 30.2 Å². The number of thioether (sulfide) groups is 1. The zero-order valence-electron chi connectivity index (χ0n) is 21.8. The van der Waals surface area contributed by atoms with Crippen LogP contribution < -0.4 is 5.32 Å². The number of carbonyl (C=O) groups excluding carboxylic acids is 1. The van der Waals surface area contributed by atoms with Crippen LogP contribution >= 0.6 is 11.8 Å². The van der Waals surface area contributed by atoms with Crippen molar-refractivity contribution in [3.8, 4) is 12.8 Å². The molecule has 0 bridgehead atoms. The van der Waals surface area contributed by atoms with Gasteiger partial charge in [-0.3, -0.25) is 19.8 Å². The van der Waals surface area contributed by atoms with Crippen LogP contribution in [-0.4, -0.2) is 28.9 Å². The summed E-state index contributed by atoms with van der Waals surface area (Å²) in [5.41, 5.74) is 6.74. The number of nitrogens with zero attached hydrogens (tertiary/aromatic N) is 3. The minimum absolute atomic E-state index is 0.0175. The lowest BCUT2D eigenvalue weighted by Gasteiger charge is -2.11. The van der Waals surface area contributed by atoms with Gasteiger partial charge in [0.2, 0.25) is 5.91 Å². The largest absolute Gasteiger partial charge is 0.356 e. The predicted octanol–water partition coefficient (Wildman–Crippen LogP) is 6.70. The summed E-state index contributed by atoms with van der Waals surface area (Å²) < 4.78 is 0. The predicted molar refractivity (Wildman–Crippen MR) is 158 cm³/mol. The summed E-state index contributed by atoms with van der Waals surface area (Å²) in [4.78, 5) is 27.0. The first-order valence-corrected chi connectivity index (χ1v) is 12.8. The van der Waals surface area contributed by atoms with Crippen LogP contribution in [0.3, 0.4) is 0 Å². The maximum absolute atomic E-state index is 11.0. The molecule has 4 rings (SSSR count). The molecule has 0 spiro atoms. The van der Waals surface area contributed by atoms with Crippen LogP contribution in [0.4, 0.5) is 0 Å². The molecule has 0 aliphatic carbocycles. The average molecular weight is 511 g/mol. The van der Waals surface area contributed by atoms with E-state index in [0.29, 0.717) is 13.0 Å². The van der Waals surface area contributed by atoms with Crippen LogP contribution in [-0.2, 0) is 11.2 Å². The highest BCUT2D eigenvalue weighted by Crippen LogP contribution is 2.35. The maximum atomic E-state index is 11.0. The second-order valence-electron chi connectivity index (χ2n) is 8.26. The van der Waals surface area contributed by atoms with Crippen molar-refractivity contribution in [2.45, 2.75) is 44.9 Å². The van der Waals surface area contributed by atoms with E-state index in [4.69, 9.17) is 4.99 Å². The topological polar surface area (TPSA) is 66.7 Å². The zero-order chi connectivity index (χ0) is 27.0. The molecule has 3 heterocycles. The smallest absolute Gasteiger partial charge is 0.223 e. The number of allylic oxidation sites excluding steroid dienone is 5. The Labute approximate surface area is 225 Å². The molecular weight excluding hydrogens is 476 g/mol. The number of hydrogen-bond donors (Lipinski definition) is 1. The lowest BCUT2D eigenvalue weighted by atomic mass is 10.00. The third-order valence-electron chi connectivity index (χ3n) is 5.40. The first kappa shape index (κ1) is 29.3. The number of hydrogen-bond acceptors (Lipinski definition) is 5.